The van der Waals surface area contributed by atoms with Crippen LogP contribution in [0.4, 0.5) is 18.0 Å². The molecule has 0 aliphatic rings. The second-order valence-corrected chi connectivity index (χ2v) is 5.88. The highest BCUT2D eigenvalue weighted by atomic mass is 19.4. The highest BCUT2D eigenvalue weighted by molar-refractivity contribution is 5.67. The number of hydrogen-bond acceptors (Lipinski definition) is 3. The molecule has 0 heterocycles. The quantitative estimate of drug-likeness (QED) is 0.800. The molecule has 0 spiro atoms. The van der Waals surface area contributed by atoms with Gasteiger partial charge in [-0.25, -0.2) is 4.79 Å². The number of nitrogens with zero attached hydrogens (tertiary/aromatic N) is 1. The Bertz CT molecular complexity index is 677. The van der Waals surface area contributed by atoms with Crippen molar-refractivity contribution in [2.24, 2.45) is 0 Å². The molecule has 0 radical (unpaired) electrons. The maximum atomic E-state index is 12.5. The topological polar surface area (TPSA) is 49.8 Å². The highest BCUT2D eigenvalue weighted by Gasteiger charge is 2.32. The lowest BCUT2D eigenvalue weighted by Crippen LogP contribution is -2.39. The predicted molar refractivity (Wildman–Crippen MR) is 90.2 cm³/mol. The molecule has 0 fully saturated rings. The van der Waals surface area contributed by atoms with Crippen LogP contribution in [0, 0.1) is 0 Å². The van der Waals surface area contributed by atoms with Crippen LogP contribution in [0.3, 0.4) is 0 Å². The standard InChI is InChI=1S/C19H20F3NO3/c20-19(21,22)11-17(24)13-23(12-15-7-3-1-4-8-15)18(25)26-14-16-9-5-2-6-10-16/h1-10,17,24H,11-14H2. The van der Waals surface area contributed by atoms with Crippen LogP contribution in [0.15, 0.2) is 60.7 Å². The van der Waals surface area contributed by atoms with Crippen LogP contribution in [0.5, 0.6) is 0 Å². The van der Waals surface area contributed by atoms with Gasteiger partial charge in [0, 0.05) is 6.54 Å². The summed E-state index contributed by atoms with van der Waals surface area (Å²) in [4.78, 5) is 13.4. The van der Waals surface area contributed by atoms with Crippen LogP contribution in [0.2, 0.25) is 0 Å². The molecule has 1 unspecified atom stereocenters. The largest absolute Gasteiger partial charge is 0.445 e. The van der Waals surface area contributed by atoms with Crippen molar-refractivity contribution < 1.29 is 27.8 Å². The van der Waals surface area contributed by atoms with E-state index in [0.717, 1.165) is 16.0 Å². The Labute approximate surface area is 149 Å². The minimum atomic E-state index is -4.51. The number of benzene rings is 2. The molecule has 7 heteroatoms. The zero-order valence-electron chi connectivity index (χ0n) is 14.0. The van der Waals surface area contributed by atoms with Crippen LogP contribution < -0.4 is 0 Å². The van der Waals surface area contributed by atoms with Crippen molar-refractivity contribution in [1.82, 2.24) is 4.90 Å². The van der Waals surface area contributed by atoms with Crippen LogP contribution in [-0.4, -0.2) is 34.9 Å². The highest BCUT2D eigenvalue weighted by Crippen LogP contribution is 2.22. The summed E-state index contributed by atoms with van der Waals surface area (Å²) >= 11 is 0. The van der Waals surface area contributed by atoms with Gasteiger partial charge in [-0.2, -0.15) is 13.2 Å². The van der Waals surface area contributed by atoms with E-state index in [4.69, 9.17) is 4.74 Å². The molecular formula is C19H20F3NO3. The van der Waals surface area contributed by atoms with Crippen LogP contribution in [0.1, 0.15) is 17.5 Å². The molecule has 0 saturated carbocycles. The van der Waals surface area contributed by atoms with Gasteiger partial charge in [-0.05, 0) is 11.1 Å². The molecule has 0 aromatic heterocycles. The van der Waals surface area contributed by atoms with E-state index in [1.54, 1.807) is 54.6 Å². The first-order chi connectivity index (χ1) is 12.3. The Morgan fingerprint density at radius 2 is 1.54 bits per heavy atom. The molecule has 0 aliphatic heterocycles. The fraction of sp³-hybridized carbons (Fsp3) is 0.316. The minimum absolute atomic E-state index is 0.000326. The third kappa shape index (κ3) is 7.14. The summed E-state index contributed by atoms with van der Waals surface area (Å²) in [6, 6.07) is 17.7. The third-order valence-electron chi connectivity index (χ3n) is 3.58. The lowest BCUT2D eigenvalue weighted by molar-refractivity contribution is -0.155. The molecule has 1 N–H and O–H groups in total. The van der Waals surface area contributed by atoms with E-state index in [1.807, 2.05) is 6.07 Å². The van der Waals surface area contributed by atoms with Crippen LogP contribution in [0.25, 0.3) is 0 Å². The normalized spacial score (nSPS) is 12.5. The second kappa shape index (κ2) is 9.24. The van der Waals surface area contributed by atoms with Gasteiger partial charge in [0.15, 0.2) is 0 Å². The van der Waals surface area contributed by atoms with Crippen molar-refractivity contribution in [3.8, 4) is 0 Å². The average molecular weight is 367 g/mol. The van der Waals surface area contributed by atoms with Gasteiger partial charge in [0.2, 0.25) is 0 Å². The Hall–Kier alpha value is -2.54. The summed E-state index contributed by atoms with van der Waals surface area (Å²) in [5.41, 5.74) is 1.49. The van der Waals surface area contributed by atoms with Gasteiger partial charge in [0.1, 0.15) is 6.61 Å². The number of amides is 1. The fourth-order valence-corrected chi connectivity index (χ4v) is 2.40. The summed E-state index contributed by atoms with van der Waals surface area (Å²) in [5, 5.41) is 9.70. The number of rotatable bonds is 7. The first-order valence-electron chi connectivity index (χ1n) is 8.08. The second-order valence-electron chi connectivity index (χ2n) is 5.88. The minimum Gasteiger partial charge on any atom is -0.445 e. The zero-order valence-corrected chi connectivity index (χ0v) is 14.0. The van der Waals surface area contributed by atoms with E-state index in [0.29, 0.717) is 0 Å². The Morgan fingerprint density at radius 1 is 1.00 bits per heavy atom. The van der Waals surface area contributed by atoms with Crippen molar-refractivity contribution in [3.63, 3.8) is 0 Å². The molecule has 4 nitrogen and oxygen atoms in total. The molecular weight excluding hydrogens is 347 g/mol. The number of hydrogen-bond donors (Lipinski definition) is 1. The van der Waals surface area contributed by atoms with Gasteiger partial charge >= 0.3 is 12.3 Å². The maximum Gasteiger partial charge on any atom is 0.410 e. The van der Waals surface area contributed by atoms with Crippen molar-refractivity contribution in [2.75, 3.05) is 6.54 Å². The van der Waals surface area contributed by atoms with E-state index in [1.165, 1.54) is 0 Å². The van der Waals surface area contributed by atoms with E-state index in [-0.39, 0.29) is 13.2 Å². The summed E-state index contributed by atoms with van der Waals surface area (Å²) in [6.45, 7) is -0.425. The van der Waals surface area contributed by atoms with Crippen LogP contribution >= 0.6 is 0 Å². The Kier molecular flexibility index (Phi) is 7.03. The number of alkyl halides is 3. The van der Waals surface area contributed by atoms with Crippen molar-refractivity contribution in [2.45, 2.75) is 31.9 Å². The number of aliphatic hydroxyl groups is 1. The summed E-state index contributed by atoms with van der Waals surface area (Å²) in [6.07, 6.45) is -8.39. The van der Waals surface area contributed by atoms with Crippen molar-refractivity contribution in [1.29, 1.82) is 0 Å². The Morgan fingerprint density at radius 3 is 2.08 bits per heavy atom. The van der Waals surface area contributed by atoms with Crippen molar-refractivity contribution >= 4 is 6.09 Å². The maximum absolute atomic E-state index is 12.5. The molecule has 26 heavy (non-hydrogen) atoms. The molecule has 0 aliphatic carbocycles. The molecule has 2 rings (SSSR count). The zero-order chi connectivity index (χ0) is 19.0. The first kappa shape index (κ1) is 19.8. The lowest BCUT2D eigenvalue weighted by Gasteiger charge is -2.25. The fourth-order valence-electron chi connectivity index (χ4n) is 2.40. The molecule has 0 bridgehead atoms. The van der Waals surface area contributed by atoms with Gasteiger partial charge in [-0.1, -0.05) is 60.7 Å². The average Bonchev–Trinajstić information content (AvgIpc) is 2.59. The molecule has 1 amide bonds. The summed E-state index contributed by atoms with van der Waals surface area (Å²) in [5.74, 6) is 0. The SMILES string of the molecule is O=C(OCc1ccccc1)N(Cc1ccccc1)CC(O)CC(F)(F)F. The van der Waals surface area contributed by atoms with Crippen molar-refractivity contribution in [3.05, 3.63) is 71.8 Å². The van der Waals surface area contributed by atoms with Gasteiger partial charge < -0.3 is 14.7 Å². The summed E-state index contributed by atoms with van der Waals surface area (Å²) in [7, 11) is 0. The number of carbonyl (C=O) groups excluding carboxylic acids is 1. The Balaban J connectivity index is 2.02. The van der Waals surface area contributed by atoms with Crippen LogP contribution in [-0.2, 0) is 17.9 Å². The summed E-state index contributed by atoms with van der Waals surface area (Å²) < 4.78 is 42.6. The monoisotopic (exact) mass is 367 g/mol. The number of aliphatic hydroxyl groups excluding tert-OH is 1. The molecule has 0 saturated heterocycles. The van der Waals surface area contributed by atoms with E-state index >= 15 is 0 Å². The molecule has 2 aromatic rings. The molecule has 140 valence electrons. The first-order valence-corrected chi connectivity index (χ1v) is 8.08. The number of halogens is 3. The van der Waals surface area contributed by atoms with Gasteiger partial charge in [0.05, 0.1) is 19.1 Å². The van der Waals surface area contributed by atoms with Gasteiger partial charge in [0.25, 0.3) is 0 Å². The van der Waals surface area contributed by atoms with E-state index in [2.05, 4.69) is 0 Å². The van der Waals surface area contributed by atoms with Gasteiger partial charge in [-0.15, -0.1) is 0 Å². The predicted octanol–water partition coefficient (Wildman–Crippen LogP) is 4.14. The third-order valence-corrected chi connectivity index (χ3v) is 3.58. The number of ether oxygens (including phenoxy) is 1. The number of carbonyl (C=O) groups is 1. The van der Waals surface area contributed by atoms with Gasteiger partial charge in [-0.3, -0.25) is 0 Å². The molecule has 1 atom stereocenters. The smallest absolute Gasteiger partial charge is 0.410 e. The van der Waals surface area contributed by atoms with E-state index in [9.17, 15) is 23.1 Å². The lowest BCUT2D eigenvalue weighted by atomic mass is 10.2. The molecule has 2 aromatic carbocycles. The van der Waals surface area contributed by atoms with E-state index < -0.39 is 31.3 Å².